The fourth-order valence-corrected chi connectivity index (χ4v) is 3.21. The van der Waals surface area contributed by atoms with Crippen molar-refractivity contribution in [1.82, 2.24) is 15.9 Å². The summed E-state index contributed by atoms with van der Waals surface area (Å²) in [6.45, 7) is 0. The lowest BCUT2D eigenvalue weighted by Gasteiger charge is -2.23. The monoisotopic (exact) mass is 400 g/mol. The summed E-state index contributed by atoms with van der Waals surface area (Å²) in [6.07, 6.45) is -0.300. The average Bonchev–Trinajstić information content (AvgIpc) is 3.22. The van der Waals surface area contributed by atoms with E-state index in [-0.39, 0.29) is 17.6 Å². The van der Waals surface area contributed by atoms with E-state index in [4.69, 9.17) is 0 Å². The van der Waals surface area contributed by atoms with Gasteiger partial charge in [0.1, 0.15) is 11.9 Å². The molecular formula is C23H20N4O3. The van der Waals surface area contributed by atoms with E-state index in [2.05, 4.69) is 16.0 Å². The third-order valence-electron chi connectivity index (χ3n) is 4.74. The highest BCUT2D eigenvalue weighted by Crippen LogP contribution is 2.25. The van der Waals surface area contributed by atoms with Gasteiger partial charge in [0.2, 0.25) is 0 Å². The Kier molecular flexibility index (Phi) is 5.54. The number of hydrazone groups is 1. The van der Waals surface area contributed by atoms with Gasteiger partial charge in [-0.3, -0.25) is 15.0 Å². The first-order valence-corrected chi connectivity index (χ1v) is 9.49. The van der Waals surface area contributed by atoms with Crippen LogP contribution in [0.2, 0.25) is 0 Å². The first-order chi connectivity index (χ1) is 14.6. The molecule has 1 heterocycles. The topological polar surface area (TPSA) is 94.0 Å². The van der Waals surface area contributed by atoms with Gasteiger partial charge in [-0.1, -0.05) is 48.5 Å². The van der Waals surface area contributed by atoms with Crippen molar-refractivity contribution in [3.8, 4) is 5.75 Å². The minimum atomic E-state index is -0.611. The molecule has 0 fully saturated rings. The molecule has 1 atom stereocenters. The average molecular weight is 400 g/mol. The molecule has 1 aliphatic rings. The van der Waals surface area contributed by atoms with Gasteiger partial charge >= 0.3 is 0 Å². The van der Waals surface area contributed by atoms with E-state index in [1.54, 1.807) is 72.8 Å². The summed E-state index contributed by atoms with van der Waals surface area (Å²) in [4.78, 5) is 25.4. The van der Waals surface area contributed by atoms with Gasteiger partial charge in [-0.05, 0) is 36.4 Å². The van der Waals surface area contributed by atoms with Crippen LogP contribution in [0.1, 0.15) is 32.7 Å². The molecule has 150 valence electrons. The van der Waals surface area contributed by atoms with Crippen molar-refractivity contribution in [2.45, 2.75) is 12.6 Å². The van der Waals surface area contributed by atoms with Crippen LogP contribution in [0.15, 0.2) is 90.0 Å². The van der Waals surface area contributed by atoms with E-state index in [9.17, 15) is 14.7 Å². The third kappa shape index (κ3) is 4.06. The number of hydrazine groups is 1. The van der Waals surface area contributed by atoms with Gasteiger partial charge in [-0.2, -0.15) is 5.10 Å². The zero-order valence-corrected chi connectivity index (χ0v) is 16.0. The van der Waals surface area contributed by atoms with Crippen molar-refractivity contribution in [2.24, 2.45) is 5.10 Å². The Morgan fingerprint density at radius 2 is 1.47 bits per heavy atom. The molecule has 0 aliphatic carbocycles. The Labute approximate surface area is 173 Å². The molecule has 0 radical (unpaired) electrons. The predicted octanol–water partition coefficient (Wildman–Crippen LogP) is 2.90. The number of nitrogens with one attached hydrogen (secondary N) is 2. The summed E-state index contributed by atoms with van der Waals surface area (Å²) in [5, 5.41) is 15.9. The van der Waals surface area contributed by atoms with Crippen LogP contribution >= 0.6 is 0 Å². The van der Waals surface area contributed by atoms with Crippen molar-refractivity contribution >= 4 is 17.5 Å². The maximum Gasteiger partial charge on any atom is 0.275 e. The number of hydrogen-bond acceptors (Lipinski definition) is 5. The second-order valence-corrected chi connectivity index (χ2v) is 6.76. The van der Waals surface area contributed by atoms with E-state index < -0.39 is 6.17 Å². The van der Waals surface area contributed by atoms with Crippen molar-refractivity contribution in [3.63, 3.8) is 0 Å². The Hall–Kier alpha value is -3.97. The second-order valence-electron chi connectivity index (χ2n) is 6.76. The Morgan fingerprint density at radius 3 is 2.13 bits per heavy atom. The zero-order valence-electron chi connectivity index (χ0n) is 16.0. The molecule has 3 aromatic rings. The molecule has 0 aromatic heterocycles. The Bertz CT molecular complexity index is 1080. The van der Waals surface area contributed by atoms with E-state index in [0.717, 1.165) is 0 Å². The maximum absolute atomic E-state index is 13.0. The largest absolute Gasteiger partial charge is 0.507 e. The number of carbonyl (C=O) groups excluding carboxylic acids is 2. The summed E-state index contributed by atoms with van der Waals surface area (Å²) in [5.74, 6) is -0.552. The van der Waals surface area contributed by atoms with Gasteiger partial charge in [0.05, 0.1) is 5.71 Å². The Morgan fingerprint density at radius 1 is 0.867 bits per heavy atom. The van der Waals surface area contributed by atoms with Crippen LogP contribution in [0.5, 0.6) is 5.75 Å². The number of nitrogens with zero attached hydrogens (tertiary/aromatic N) is 2. The highest BCUT2D eigenvalue weighted by Gasteiger charge is 2.33. The van der Waals surface area contributed by atoms with Crippen molar-refractivity contribution < 1.29 is 14.7 Å². The zero-order chi connectivity index (χ0) is 20.9. The fraction of sp³-hybridized carbons (Fsp3) is 0.0870. The molecule has 0 unspecified atom stereocenters. The van der Waals surface area contributed by atoms with Crippen molar-refractivity contribution in [3.05, 3.63) is 102 Å². The van der Waals surface area contributed by atoms with Gasteiger partial charge in [0.25, 0.3) is 11.8 Å². The van der Waals surface area contributed by atoms with Crippen LogP contribution in [0, 0.1) is 0 Å². The van der Waals surface area contributed by atoms with E-state index in [1.165, 1.54) is 5.01 Å². The number of phenolic OH excluding ortho intramolecular Hbond substituents is 1. The lowest BCUT2D eigenvalue weighted by atomic mass is 10.1. The summed E-state index contributed by atoms with van der Waals surface area (Å²) in [6, 6.07) is 24.4. The normalized spacial score (nSPS) is 15.5. The number of aromatic hydroxyl groups is 1. The highest BCUT2D eigenvalue weighted by molar-refractivity contribution is 6.06. The quantitative estimate of drug-likeness (QED) is 0.574. The molecule has 0 saturated heterocycles. The highest BCUT2D eigenvalue weighted by atomic mass is 16.3. The van der Waals surface area contributed by atoms with Crippen LogP contribution < -0.4 is 10.9 Å². The van der Waals surface area contributed by atoms with Crippen LogP contribution in [-0.2, 0) is 0 Å². The predicted molar refractivity (Wildman–Crippen MR) is 113 cm³/mol. The standard InChI is InChI=1S/C23H20N4O3/c28-20-14-8-7-13-18(20)19-15-21(24-25-22(29)16-9-3-1-4-10-16)27(26-19)23(30)17-11-5-2-6-12-17/h1-14,21,24,28H,15H2,(H,25,29)/t21-/m0/s1. The SMILES string of the molecule is O=C(NN[C@@H]1CC(c2ccccc2O)=NN1C(=O)c1ccccc1)c1ccccc1. The molecule has 30 heavy (non-hydrogen) atoms. The van der Waals surface area contributed by atoms with Gasteiger partial charge in [-0.15, -0.1) is 0 Å². The van der Waals surface area contributed by atoms with E-state index >= 15 is 0 Å². The summed E-state index contributed by atoms with van der Waals surface area (Å²) < 4.78 is 0. The molecule has 0 bridgehead atoms. The van der Waals surface area contributed by atoms with Crippen LogP contribution in [-0.4, -0.2) is 33.8 Å². The summed E-state index contributed by atoms with van der Waals surface area (Å²) in [7, 11) is 0. The van der Waals surface area contributed by atoms with Crippen molar-refractivity contribution in [2.75, 3.05) is 0 Å². The van der Waals surface area contributed by atoms with Crippen LogP contribution in [0.25, 0.3) is 0 Å². The molecular weight excluding hydrogens is 380 g/mol. The summed E-state index contributed by atoms with van der Waals surface area (Å²) >= 11 is 0. The number of carbonyl (C=O) groups is 2. The Balaban J connectivity index is 1.57. The number of phenols is 1. The molecule has 3 N–H and O–H groups in total. The smallest absolute Gasteiger partial charge is 0.275 e. The summed E-state index contributed by atoms with van der Waals surface area (Å²) in [5.41, 5.74) is 7.61. The molecule has 3 aromatic carbocycles. The molecule has 0 saturated carbocycles. The number of benzene rings is 3. The molecule has 0 spiro atoms. The number of hydrogen-bond donors (Lipinski definition) is 3. The van der Waals surface area contributed by atoms with E-state index in [0.29, 0.717) is 28.8 Å². The lowest BCUT2D eigenvalue weighted by Crippen LogP contribution is -2.51. The van der Waals surface area contributed by atoms with Crippen LogP contribution in [0.4, 0.5) is 0 Å². The van der Waals surface area contributed by atoms with Crippen LogP contribution in [0.3, 0.4) is 0 Å². The molecule has 2 amide bonds. The molecule has 7 heteroatoms. The van der Waals surface area contributed by atoms with Gasteiger partial charge in [0, 0.05) is 23.1 Å². The fourth-order valence-electron chi connectivity index (χ4n) is 3.21. The third-order valence-corrected chi connectivity index (χ3v) is 4.74. The first-order valence-electron chi connectivity index (χ1n) is 9.49. The van der Waals surface area contributed by atoms with Gasteiger partial charge in [0.15, 0.2) is 0 Å². The number of para-hydroxylation sites is 1. The van der Waals surface area contributed by atoms with Crippen molar-refractivity contribution in [1.29, 1.82) is 0 Å². The number of rotatable bonds is 5. The second kappa shape index (κ2) is 8.59. The molecule has 7 nitrogen and oxygen atoms in total. The molecule has 1 aliphatic heterocycles. The maximum atomic E-state index is 13.0. The minimum absolute atomic E-state index is 0.0809. The lowest BCUT2D eigenvalue weighted by molar-refractivity contribution is 0.0646. The molecule has 4 rings (SSSR count). The van der Waals surface area contributed by atoms with E-state index in [1.807, 2.05) is 12.1 Å². The number of amides is 2. The van der Waals surface area contributed by atoms with Gasteiger partial charge < -0.3 is 5.11 Å². The minimum Gasteiger partial charge on any atom is -0.507 e. The van der Waals surface area contributed by atoms with Gasteiger partial charge in [-0.25, -0.2) is 10.4 Å². The first kappa shape index (κ1) is 19.4.